The van der Waals surface area contributed by atoms with Gasteiger partial charge in [0.2, 0.25) is 17.6 Å². The van der Waals surface area contributed by atoms with Crippen LogP contribution in [-0.4, -0.2) is 42.2 Å². The van der Waals surface area contributed by atoms with E-state index in [1.807, 2.05) is 50.2 Å². The summed E-state index contributed by atoms with van der Waals surface area (Å²) >= 11 is 0. The summed E-state index contributed by atoms with van der Waals surface area (Å²) in [6, 6.07) is 11.7. The number of ether oxygens (including phenoxy) is 2. The molecule has 158 valence electrons. The van der Waals surface area contributed by atoms with Crippen molar-refractivity contribution in [3.63, 3.8) is 0 Å². The molecule has 3 rings (SSSR count). The minimum absolute atomic E-state index is 0.000675. The molecule has 0 aliphatic heterocycles. The van der Waals surface area contributed by atoms with Crippen LogP contribution >= 0.6 is 0 Å². The van der Waals surface area contributed by atoms with Crippen molar-refractivity contribution in [2.45, 2.75) is 33.2 Å². The van der Waals surface area contributed by atoms with Crippen LogP contribution in [0.2, 0.25) is 0 Å². The lowest BCUT2D eigenvalue weighted by Crippen LogP contribution is -2.26. The van der Waals surface area contributed by atoms with Gasteiger partial charge in [-0.05, 0) is 37.1 Å². The van der Waals surface area contributed by atoms with E-state index in [0.717, 1.165) is 16.7 Å². The molecule has 0 atom stereocenters. The van der Waals surface area contributed by atoms with E-state index in [-0.39, 0.29) is 5.91 Å². The van der Waals surface area contributed by atoms with Crippen molar-refractivity contribution in [1.82, 2.24) is 15.0 Å². The van der Waals surface area contributed by atoms with Gasteiger partial charge in [-0.25, -0.2) is 0 Å². The summed E-state index contributed by atoms with van der Waals surface area (Å²) < 4.78 is 16.0. The fraction of sp³-hybridized carbons (Fsp3) is 0.348. The maximum atomic E-state index is 12.6. The zero-order chi connectivity index (χ0) is 21.7. The third kappa shape index (κ3) is 4.97. The average Bonchev–Trinajstić information content (AvgIpc) is 3.22. The normalized spacial score (nSPS) is 10.7. The number of benzene rings is 2. The SMILES string of the molecule is COc1cc(C)c(CN(C)C(=O)CCc2nc(-c3ccc(C)cc3)no2)cc1OC. The van der Waals surface area contributed by atoms with Gasteiger partial charge in [0.05, 0.1) is 14.2 Å². The molecule has 0 unspecified atom stereocenters. The molecular formula is C23H27N3O4. The van der Waals surface area contributed by atoms with Crippen LogP contribution in [0.5, 0.6) is 11.5 Å². The van der Waals surface area contributed by atoms with Gasteiger partial charge < -0.3 is 18.9 Å². The molecule has 3 aromatic rings. The Morgan fingerprint density at radius 2 is 1.73 bits per heavy atom. The number of nitrogens with zero attached hydrogens (tertiary/aromatic N) is 3. The molecule has 0 aliphatic carbocycles. The smallest absolute Gasteiger partial charge is 0.227 e. The summed E-state index contributed by atoms with van der Waals surface area (Å²) in [5.74, 6) is 2.31. The highest BCUT2D eigenvalue weighted by Crippen LogP contribution is 2.30. The molecule has 1 aromatic heterocycles. The van der Waals surface area contributed by atoms with E-state index >= 15 is 0 Å². The summed E-state index contributed by atoms with van der Waals surface area (Å²) in [5, 5.41) is 4.02. The first kappa shape index (κ1) is 21.4. The number of methoxy groups -OCH3 is 2. The standard InChI is InChI=1S/C23H27N3O4/c1-15-6-8-17(9-7-15)23-24-21(30-25-23)10-11-22(27)26(3)14-18-13-20(29-5)19(28-4)12-16(18)2/h6-9,12-13H,10-11,14H2,1-5H3. The van der Waals surface area contributed by atoms with E-state index in [1.54, 1.807) is 26.2 Å². The number of hydrogen-bond acceptors (Lipinski definition) is 6. The Balaban J connectivity index is 1.59. The topological polar surface area (TPSA) is 77.7 Å². The van der Waals surface area contributed by atoms with Gasteiger partial charge in [0.15, 0.2) is 11.5 Å². The molecule has 0 saturated heterocycles. The van der Waals surface area contributed by atoms with E-state index in [2.05, 4.69) is 10.1 Å². The van der Waals surface area contributed by atoms with E-state index in [1.165, 1.54) is 5.56 Å². The van der Waals surface area contributed by atoms with Crippen molar-refractivity contribution < 1.29 is 18.8 Å². The number of rotatable bonds is 8. The molecule has 0 fully saturated rings. The van der Waals surface area contributed by atoms with Crippen molar-refractivity contribution >= 4 is 5.91 Å². The van der Waals surface area contributed by atoms with Crippen LogP contribution in [0, 0.1) is 13.8 Å². The predicted molar refractivity (Wildman–Crippen MR) is 114 cm³/mol. The Labute approximate surface area is 176 Å². The van der Waals surface area contributed by atoms with Crippen LogP contribution in [0.3, 0.4) is 0 Å². The molecule has 1 amide bonds. The van der Waals surface area contributed by atoms with Gasteiger partial charge in [0.1, 0.15) is 0 Å². The second-order valence-electron chi connectivity index (χ2n) is 7.26. The summed E-state index contributed by atoms with van der Waals surface area (Å²) in [4.78, 5) is 18.7. The highest BCUT2D eigenvalue weighted by Gasteiger charge is 2.16. The molecule has 0 N–H and O–H groups in total. The number of hydrogen-bond donors (Lipinski definition) is 0. The van der Waals surface area contributed by atoms with E-state index in [0.29, 0.717) is 42.6 Å². The van der Waals surface area contributed by atoms with E-state index in [9.17, 15) is 4.79 Å². The fourth-order valence-electron chi connectivity index (χ4n) is 3.12. The predicted octanol–water partition coefficient (Wildman–Crippen LogP) is 3.96. The van der Waals surface area contributed by atoms with Gasteiger partial charge in [-0.1, -0.05) is 35.0 Å². The third-order valence-electron chi connectivity index (χ3n) is 5.01. The minimum Gasteiger partial charge on any atom is -0.493 e. The largest absolute Gasteiger partial charge is 0.493 e. The number of carbonyl (C=O) groups is 1. The van der Waals surface area contributed by atoms with Gasteiger partial charge in [-0.3, -0.25) is 4.79 Å². The Bertz CT molecular complexity index is 1010. The summed E-state index contributed by atoms with van der Waals surface area (Å²) in [7, 11) is 4.99. The zero-order valence-electron chi connectivity index (χ0n) is 18.1. The Hall–Kier alpha value is -3.35. The van der Waals surface area contributed by atoms with Crippen LogP contribution in [-0.2, 0) is 17.8 Å². The van der Waals surface area contributed by atoms with Crippen LogP contribution in [0.15, 0.2) is 40.9 Å². The molecule has 1 heterocycles. The lowest BCUT2D eigenvalue weighted by Gasteiger charge is -2.19. The Morgan fingerprint density at radius 1 is 1.07 bits per heavy atom. The third-order valence-corrected chi connectivity index (χ3v) is 5.01. The lowest BCUT2D eigenvalue weighted by atomic mass is 10.1. The van der Waals surface area contributed by atoms with Crippen LogP contribution in [0.4, 0.5) is 0 Å². The molecule has 0 aliphatic rings. The highest BCUT2D eigenvalue weighted by molar-refractivity contribution is 5.76. The van der Waals surface area contributed by atoms with Crippen molar-refractivity contribution in [1.29, 1.82) is 0 Å². The zero-order valence-corrected chi connectivity index (χ0v) is 18.1. The summed E-state index contributed by atoms with van der Waals surface area (Å²) in [5.41, 5.74) is 4.10. The first-order valence-electron chi connectivity index (χ1n) is 9.76. The number of amides is 1. The van der Waals surface area contributed by atoms with E-state index in [4.69, 9.17) is 14.0 Å². The van der Waals surface area contributed by atoms with E-state index < -0.39 is 0 Å². The highest BCUT2D eigenvalue weighted by atomic mass is 16.5. The summed E-state index contributed by atoms with van der Waals surface area (Å²) in [6.07, 6.45) is 0.686. The lowest BCUT2D eigenvalue weighted by molar-refractivity contribution is -0.130. The van der Waals surface area contributed by atoms with Crippen molar-refractivity contribution in [2.24, 2.45) is 0 Å². The molecule has 0 radical (unpaired) electrons. The van der Waals surface area contributed by atoms with Gasteiger partial charge >= 0.3 is 0 Å². The molecule has 7 heteroatoms. The Morgan fingerprint density at radius 3 is 2.40 bits per heavy atom. The van der Waals surface area contributed by atoms with Gasteiger partial charge in [-0.2, -0.15) is 4.98 Å². The molecule has 7 nitrogen and oxygen atoms in total. The maximum absolute atomic E-state index is 12.6. The van der Waals surface area contributed by atoms with Crippen molar-refractivity contribution in [3.8, 4) is 22.9 Å². The Kier molecular flexibility index (Phi) is 6.72. The first-order chi connectivity index (χ1) is 14.4. The molecular weight excluding hydrogens is 382 g/mol. The second kappa shape index (κ2) is 9.43. The molecule has 0 spiro atoms. The second-order valence-corrected chi connectivity index (χ2v) is 7.26. The van der Waals surface area contributed by atoms with Crippen molar-refractivity contribution in [3.05, 3.63) is 59.0 Å². The first-order valence-corrected chi connectivity index (χ1v) is 9.76. The summed E-state index contributed by atoms with van der Waals surface area (Å²) in [6.45, 7) is 4.49. The van der Waals surface area contributed by atoms with Crippen molar-refractivity contribution in [2.75, 3.05) is 21.3 Å². The van der Waals surface area contributed by atoms with Gasteiger partial charge in [0, 0.05) is 32.0 Å². The van der Waals surface area contributed by atoms with Crippen LogP contribution in [0.1, 0.15) is 29.0 Å². The molecule has 30 heavy (non-hydrogen) atoms. The number of carbonyl (C=O) groups excluding carboxylic acids is 1. The number of aromatic nitrogens is 2. The quantitative estimate of drug-likeness (QED) is 0.560. The molecule has 0 saturated carbocycles. The van der Waals surface area contributed by atoms with Crippen LogP contribution < -0.4 is 9.47 Å². The number of aryl methyl sites for hydroxylation is 3. The van der Waals surface area contributed by atoms with Gasteiger partial charge in [0.25, 0.3) is 0 Å². The average molecular weight is 409 g/mol. The fourth-order valence-corrected chi connectivity index (χ4v) is 3.12. The molecule has 0 bridgehead atoms. The maximum Gasteiger partial charge on any atom is 0.227 e. The van der Waals surface area contributed by atoms with Gasteiger partial charge in [-0.15, -0.1) is 0 Å². The minimum atomic E-state index is -0.000675. The molecule has 2 aromatic carbocycles. The van der Waals surface area contributed by atoms with Crippen LogP contribution in [0.25, 0.3) is 11.4 Å². The monoisotopic (exact) mass is 409 g/mol.